The summed E-state index contributed by atoms with van der Waals surface area (Å²) in [6.45, 7) is 2.38. The molecule has 1 heterocycles. The Labute approximate surface area is 120 Å². The number of hydrogen-bond acceptors (Lipinski definition) is 4. The molecule has 0 radical (unpaired) electrons. The topological polar surface area (TPSA) is 81.4 Å². The van der Waals surface area contributed by atoms with Crippen LogP contribution in [-0.4, -0.2) is 28.2 Å². The second-order valence-electron chi connectivity index (χ2n) is 5.19. The lowest BCUT2D eigenvalue weighted by atomic mass is 10.0. The lowest BCUT2D eigenvalue weighted by Gasteiger charge is -2.22. The molecule has 0 atom stereocenters. The molecule has 1 fully saturated rings. The van der Waals surface area contributed by atoms with Gasteiger partial charge in [0.15, 0.2) is 0 Å². The molecule has 1 aromatic rings. The van der Waals surface area contributed by atoms with Gasteiger partial charge in [-0.05, 0) is 29.9 Å². The molecule has 0 spiro atoms. The Morgan fingerprint density at radius 3 is 2.65 bits per heavy atom. The minimum absolute atomic E-state index is 0.00403. The summed E-state index contributed by atoms with van der Waals surface area (Å²) in [7, 11) is -3.29. The zero-order valence-corrected chi connectivity index (χ0v) is 12.4. The van der Waals surface area contributed by atoms with Gasteiger partial charge in [0.25, 0.3) is 0 Å². The molecule has 20 heavy (non-hydrogen) atoms. The quantitative estimate of drug-likeness (QED) is 0.820. The van der Waals surface area contributed by atoms with Gasteiger partial charge in [-0.15, -0.1) is 0 Å². The van der Waals surface area contributed by atoms with Gasteiger partial charge in [0.1, 0.15) is 0 Å². The van der Waals surface area contributed by atoms with Crippen molar-refractivity contribution in [2.75, 3.05) is 19.8 Å². The third-order valence-corrected chi connectivity index (χ3v) is 4.84. The van der Waals surface area contributed by atoms with Crippen molar-refractivity contribution in [3.05, 3.63) is 35.4 Å². The molecule has 0 saturated carbocycles. The fourth-order valence-corrected chi connectivity index (χ4v) is 3.52. The maximum absolute atomic E-state index is 12.1. The fraction of sp³-hybridized carbons (Fsp3) is 0.571. The van der Waals surface area contributed by atoms with Crippen LogP contribution in [0.1, 0.15) is 24.0 Å². The van der Waals surface area contributed by atoms with E-state index in [0.717, 1.165) is 37.2 Å². The first kappa shape index (κ1) is 15.4. The Kier molecular flexibility index (Phi) is 5.54. The van der Waals surface area contributed by atoms with E-state index in [-0.39, 0.29) is 5.75 Å². The second kappa shape index (κ2) is 7.17. The monoisotopic (exact) mass is 298 g/mol. The molecular formula is C14H22N2O3S. The number of nitrogens with one attached hydrogen (secondary N) is 1. The maximum Gasteiger partial charge on any atom is 0.215 e. The minimum Gasteiger partial charge on any atom is -0.381 e. The molecule has 2 rings (SSSR count). The number of nitrogens with two attached hydrogens (primary N) is 1. The predicted octanol–water partition coefficient (Wildman–Crippen LogP) is 0.991. The molecule has 0 bridgehead atoms. The highest BCUT2D eigenvalue weighted by Gasteiger charge is 2.17. The molecule has 6 heteroatoms. The summed E-state index contributed by atoms with van der Waals surface area (Å²) in [5.74, 6) is 0.387. The van der Waals surface area contributed by atoms with Gasteiger partial charge in [-0.1, -0.05) is 24.3 Å². The van der Waals surface area contributed by atoms with Gasteiger partial charge in [-0.2, -0.15) is 0 Å². The van der Waals surface area contributed by atoms with E-state index in [0.29, 0.717) is 19.0 Å². The van der Waals surface area contributed by atoms with Crippen LogP contribution in [0.4, 0.5) is 0 Å². The first-order valence-electron chi connectivity index (χ1n) is 6.92. The van der Waals surface area contributed by atoms with Crippen molar-refractivity contribution in [1.82, 2.24) is 4.72 Å². The minimum atomic E-state index is -3.29. The number of benzene rings is 1. The van der Waals surface area contributed by atoms with E-state index in [1.165, 1.54) is 0 Å². The third-order valence-electron chi connectivity index (χ3n) is 3.52. The Morgan fingerprint density at radius 1 is 1.25 bits per heavy atom. The van der Waals surface area contributed by atoms with Gasteiger partial charge in [-0.25, -0.2) is 13.1 Å². The van der Waals surface area contributed by atoms with Crippen molar-refractivity contribution in [1.29, 1.82) is 0 Å². The zero-order chi connectivity index (χ0) is 14.4. The first-order valence-corrected chi connectivity index (χ1v) is 8.57. The van der Waals surface area contributed by atoms with E-state index < -0.39 is 10.0 Å². The normalized spacial score (nSPS) is 17.2. The maximum atomic E-state index is 12.1. The highest BCUT2D eigenvalue weighted by molar-refractivity contribution is 7.88. The van der Waals surface area contributed by atoms with E-state index in [9.17, 15) is 8.42 Å². The Bertz CT molecular complexity index is 525. The van der Waals surface area contributed by atoms with Gasteiger partial charge in [0.05, 0.1) is 5.75 Å². The highest BCUT2D eigenvalue weighted by atomic mass is 32.2. The van der Waals surface area contributed by atoms with Crippen molar-refractivity contribution in [2.45, 2.75) is 25.1 Å². The van der Waals surface area contributed by atoms with Crippen LogP contribution in [0.15, 0.2) is 24.3 Å². The van der Waals surface area contributed by atoms with Crippen LogP contribution in [0.25, 0.3) is 0 Å². The van der Waals surface area contributed by atoms with Gasteiger partial charge in [-0.3, -0.25) is 0 Å². The molecule has 1 aromatic carbocycles. The number of ether oxygens (including phenoxy) is 1. The van der Waals surface area contributed by atoms with E-state index in [4.69, 9.17) is 10.5 Å². The third kappa shape index (κ3) is 4.86. The SMILES string of the molecule is NCc1cccc(CS(=O)(=O)NCC2CCOCC2)c1. The van der Waals surface area contributed by atoms with Crippen LogP contribution in [0, 0.1) is 5.92 Å². The smallest absolute Gasteiger partial charge is 0.215 e. The molecular weight excluding hydrogens is 276 g/mol. The fourth-order valence-electron chi connectivity index (χ4n) is 2.31. The molecule has 0 amide bonds. The number of rotatable bonds is 6. The van der Waals surface area contributed by atoms with Crippen LogP contribution in [-0.2, 0) is 27.1 Å². The summed E-state index contributed by atoms with van der Waals surface area (Å²) in [4.78, 5) is 0. The second-order valence-corrected chi connectivity index (χ2v) is 6.99. The summed E-state index contributed by atoms with van der Waals surface area (Å²) >= 11 is 0. The Hall–Kier alpha value is -0.950. The highest BCUT2D eigenvalue weighted by Crippen LogP contribution is 2.14. The van der Waals surface area contributed by atoms with Crippen LogP contribution < -0.4 is 10.5 Å². The molecule has 0 unspecified atom stereocenters. The molecule has 1 aliphatic rings. The van der Waals surface area contributed by atoms with E-state index in [1.807, 2.05) is 24.3 Å². The van der Waals surface area contributed by atoms with Crippen molar-refractivity contribution in [2.24, 2.45) is 11.7 Å². The van der Waals surface area contributed by atoms with Gasteiger partial charge >= 0.3 is 0 Å². The average Bonchev–Trinajstić information content (AvgIpc) is 2.46. The lowest BCUT2D eigenvalue weighted by molar-refractivity contribution is 0.0678. The standard InChI is InChI=1S/C14H22N2O3S/c15-9-13-2-1-3-14(8-13)11-20(17,18)16-10-12-4-6-19-7-5-12/h1-3,8,12,16H,4-7,9-11,15H2. The molecule has 112 valence electrons. The number of hydrogen-bond donors (Lipinski definition) is 2. The molecule has 5 nitrogen and oxygen atoms in total. The largest absolute Gasteiger partial charge is 0.381 e. The van der Waals surface area contributed by atoms with Crippen LogP contribution in [0.2, 0.25) is 0 Å². The van der Waals surface area contributed by atoms with Crippen molar-refractivity contribution in [3.63, 3.8) is 0 Å². The summed E-state index contributed by atoms with van der Waals surface area (Å²) < 4.78 is 32.1. The van der Waals surface area contributed by atoms with Crippen LogP contribution >= 0.6 is 0 Å². The van der Waals surface area contributed by atoms with Gasteiger partial charge in [0, 0.05) is 26.3 Å². The lowest BCUT2D eigenvalue weighted by Crippen LogP contribution is -2.33. The molecule has 0 aromatic heterocycles. The average molecular weight is 298 g/mol. The summed E-state index contributed by atoms with van der Waals surface area (Å²) in [5, 5.41) is 0. The van der Waals surface area contributed by atoms with Crippen molar-refractivity contribution < 1.29 is 13.2 Å². The van der Waals surface area contributed by atoms with E-state index >= 15 is 0 Å². The summed E-state index contributed by atoms with van der Waals surface area (Å²) in [5.41, 5.74) is 7.28. The first-order chi connectivity index (χ1) is 9.59. The van der Waals surface area contributed by atoms with Gasteiger partial charge in [0.2, 0.25) is 10.0 Å². The summed E-state index contributed by atoms with van der Waals surface area (Å²) in [6.07, 6.45) is 1.84. The Balaban J connectivity index is 1.89. The van der Waals surface area contributed by atoms with Gasteiger partial charge < -0.3 is 10.5 Å². The summed E-state index contributed by atoms with van der Waals surface area (Å²) in [6, 6.07) is 7.39. The number of sulfonamides is 1. The van der Waals surface area contributed by atoms with Crippen molar-refractivity contribution >= 4 is 10.0 Å². The zero-order valence-electron chi connectivity index (χ0n) is 11.5. The molecule has 1 aliphatic heterocycles. The van der Waals surface area contributed by atoms with E-state index in [2.05, 4.69) is 4.72 Å². The predicted molar refractivity (Wildman–Crippen MR) is 78.5 cm³/mol. The Morgan fingerprint density at radius 2 is 1.95 bits per heavy atom. The van der Waals surface area contributed by atoms with Crippen LogP contribution in [0.3, 0.4) is 0 Å². The molecule has 3 N–H and O–H groups in total. The molecule has 1 saturated heterocycles. The molecule has 0 aliphatic carbocycles. The van der Waals surface area contributed by atoms with Crippen molar-refractivity contribution in [3.8, 4) is 0 Å². The van der Waals surface area contributed by atoms with E-state index in [1.54, 1.807) is 0 Å². The van der Waals surface area contributed by atoms with Crippen LogP contribution in [0.5, 0.6) is 0 Å².